The third-order valence-electron chi connectivity index (χ3n) is 3.95. The van der Waals surface area contributed by atoms with E-state index >= 15 is 0 Å². The predicted octanol–water partition coefficient (Wildman–Crippen LogP) is 3.35. The average molecular weight is 293 g/mol. The molecule has 1 fully saturated rings. The molecule has 21 heavy (non-hydrogen) atoms. The number of amides is 1. The molecule has 1 aliphatic carbocycles. The molecular formula is C16H24FN3O. The molecular weight excluding hydrogens is 269 g/mol. The van der Waals surface area contributed by atoms with Gasteiger partial charge in [0.25, 0.3) is 5.91 Å². The van der Waals surface area contributed by atoms with Crippen LogP contribution < -0.4 is 10.6 Å². The molecule has 0 aliphatic heterocycles. The number of carbonyl (C=O) groups excluding carboxylic acids is 1. The van der Waals surface area contributed by atoms with Crippen LogP contribution in [0.3, 0.4) is 0 Å². The molecule has 0 spiro atoms. The normalized spacial score (nSPS) is 15.7. The molecule has 1 aromatic rings. The summed E-state index contributed by atoms with van der Waals surface area (Å²) in [5.74, 6) is -0.223. The van der Waals surface area contributed by atoms with Crippen molar-refractivity contribution in [1.29, 1.82) is 0 Å². The van der Waals surface area contributed by atoms with E-state index in [2.05, 4.69) is 15.6 Å². The van der Waals surface area contributed by atoms with Gasteiger partial charge in [-0.1, -0.05) is 26.2 Å². The van der Waals surface area contributed by atoms with E-state index in [1.807, 2.05) is 6.92 Å². The van der Waals surface area contributed by atoms with E-state index in [0.717, 1.165) is 19.3 Å². The van der Waals surface area contributed by atoms with Crippen LogP contribution in [-0.2, 0) is 0 Å². The van der Waals surface area contributed by atoms with Crippen molar-refractivity contribution in [2.24, 2.45) is 5.92 Å². The van der Waals surface area contributed by atoms with Crippen molar-refractivity contribution in [3.05, 3.63) is 23.6 Å². The van der Waals surface area contributed by atoms with Crippen LogP contribution in [0.5, 0.6) is 0 Å². The lowest BCUT2D eigenvalue weighted by molar-refractivity contribution is 0.0939. The van der Waals surface area contributed by atoms with Gasteiger partial charge in [0, 0.05) is 19.3 Å². The molecule has 0 atom stereocenters. The molecule has 4 nitrogen and oxygen atoms in total. The molecule has 0 bridgehead atoms. The maximum atomic E-state index is 14.2. The van der Waals surface area contributed by atoms with Gasteiger partial charge in [-0.2, -0.15) is 0 Å². The van der Waals surface area contributed by atoms with Crippen molar-refractivity contribution in [3.8, 4) is 0 Å². The Morgan fingerprint density at radius 2 is 2.14 bits per heavy atom. The van der Waals surface area contributed by atoms with Crippen LogP contribution in [0, 0.1) is 11.7 Å². The molecule has 0 aromatic carbocycles. The minimum Gasteiger partial charge on any atom is -0.368 e. The van der Waals surface area contributed by atoms with Crippen molar-refractivity contribution in [2.75, 3.05) is 18.4 Å². The van der Waals surface area contributed by atoms with Gasteiger partial charge in [-0.15, -0.1) is 0 Å². The zero-order chi connectivity index (χ0) is 15.1. The molecule has 1 heterocycles. The second-order valence-electron chi connectivity index (χ2n) is 5.66. The molecule has 2 N–H and O–H groups in total. The number of carbonyl (C=O) groups is 1. The molecule has 1 aromatic heterocycles. The number of pyridine rings is 1. The zero-order valence-corrected chi connectivity index (χ0v) is 12.6. The Kier molecular flexibility index (Phi) is 5.96. The summed E-state index contributed by atoms with van der Waals surface area (Å²) in [6.45, 7) is 3.26. The van der Waals surface area contributed by atoms with Crippen molar-refractivity contribution < 1.29 is 9.18 Å². The first-order valence-corrected chi connectivity index (χ1v) is 7.89. The number of rotatable bonds is 6. The Morgan fingerprint density at radius 3 is 2.86 bits per heavy atom. The maximum absolute atomic E-state index is 14.2. The summed E-state index contributed by atoms with van der Waals surface area (Å²) in [6, 6.07) is 1.43. The van der Waals surface area contributed by atoms with Crippen LogP contribution in [0.2, 0.25) is 0 Å². The summed E-state index contributed by atoms with van der Waals surface area (Å²) in [6.07, 6.45) is 8.40. The molecule has 0 saturated heterocycles. The van der Waals surface area contributed by atoms with Gasteiger partial charge in [-0.25, -0.2) is 9.37 Å². The highest BCUT2D eigenvalue weighted by Gasteiger charge is 2.18. The first-order valence-electron chi connectivity index (χ1n) is 7.89. The summed E-state index contributed by atoms with van der Waals surface area (Å²) < 4.78 is 14.2. The predicted molar refractivity (Wildman–Crippen MR) is 81.9 cm³/mol. The fraction of sp³-hybridized carbons (Fsp3) is 0.625. The molecule has 116 valence electrons. The SMILES string of the molecule is CCCNc1nccc(C(=O)NCC2CCCCC2)c1F. The lowest BCUT2D eigenvalue weighted by Gasteiger charge is -2.21. The van der Waals surface area contributed by atoms with Crippen LogP contribution in [0.25, 0.3) is 0 Å². The van der Waals surface area contributed by atoms with Gasteiger partial charge in [-0.3, -0.25) is 4.79 Å². The number of nitrogens with zero attached hydrogens (tertiary/aromatic N) is 1. The van der Waals surface area contributed by atoms with Gasteiger partial charge >= 0.3 is 0 Å². The van der Waals surface area contributed by atoms with E-state index in [-0.39, 0.29) is 17.3 Å². The quantitative estimate of drug-likeness (QED) is 0.845. The summed E-state index contributed by atoms with van der Waals surface area (Å²) in [7, 11) is 0. The van der Waals surface area contributed by atoms with Crippen molar-refractivity contribution >= 4 is 11.7 Å². The second-order valence-corrected chi connectivity index (χ2v) is 5.66. The van der Waals surface area contributed by atoms with Crippen molar-refractivity contribution in [1.82, 2.24) is 10.3 Å². The minimum absolute atomic E-state index is 0.0689. The smallest absolute Gasteiger partial charge is 0.254 e. The fourth-order valence-electron chi connectivity index (χ4n) is 2.71. The van der Waals surface area contributed by atoms with Gasteiger partial charge < -0.3 is 10.6 Å². The van der Waals surface area contributed by atoms with Crippen molar-refractivity contribution in [3.63, 3.8) is 0 Å². The van der Waals surface area contributed by atoms with Crippen LogP contribution in [0.4, 0.5) is 10.2 Å². The van der Waals surface area contributed by atoms with Crippen LogP contribution in [-0.4, -0.2) is 24.0 Å². The standard InChI is InChI=1S/C16H24FN3O/c1-2-9-18-15-14(17)13(8-10-19-15)16(21)20-11-12-6-4-3-5-7-12/h8,10,12H,2-7,9,11H2,1H3,(H,18,19)(H,20,21). The van der Waals surface area contributed by atoms with E-state index < -0.39 is 5.82 Å². The van der Waals surface area contributed by atoms with Gasteiger partial charge in [0.05, 0.1) is 5.56 Å². The number of nitrogens with one attached hydrogen (secondary N) is 2. The average Bonchev–Trinajstić information content (AvgIpc) is 2.52. The largest absolute Gasteiger partial charge is 0.368 e. The van der Waals surface area contributed by atoms with Gasteiger partial charge in [0.1, 0.15) is 0 Å². The maximum Gasteiger partial charge on any atom is 0.254 e. The summed E-state index contributed by atoms with van der Waals surface area (Å²) in [5.41, 5.74) is 0.0689. The van der Waals surface area contributed by atoms with Gasteiger partial charge in [-0.05, 0) is 31.2 Å². The minimum atomic E-state index is -0.563. The fourth-order valence-corrected chi connectivity index (χ4v) is 2.71. The van der Waals surface area contributed by atoms with Crippen molar-refractivity contribution in [2.45, 2.75) is 45.4 Å². The Bertz CT molecular complexity index is 473. The van der Waals surface area contributed by atoms with E-state index in [1.54, 1.807) is 0 Å². The summed E-state index contributed by atoms with van der Waals surface area (Å²) in [4.78, 5) is 16.1. The first-order chi connectivity index (χ1) is 10.2. The van der Waals surface area contributed by atoms with Crippen LogP contribution in [0.15, 0.2) is 12.3 Å². The Hall–Kier alpha value is -1.65. The number of hydrogen-bond acceptors (Lipinski definition) is 3. The van der Waals surface area contributed by atoms with E-state index in [4.69, 9.17) is 0 Å². The number of hydrogen-bond donors (Lipinski definition) is 2. The second kappa shape index (κ2) is 7.96. The molecule has 0 radical (unpaired) electrons. The summed E-state index contributed by atoms with van der Waals surface area (Å²) >= 11 is 0. The highest BCUT2D eigenvalue weighted by Crippen LogP contribution is 2.23. The lowest BCUT2D eigenvalue weighted by atomic mass is 9.89. The number of halogens is 1. The summed E-state index contributed by atoms with van der Waals surface area (Å²) in [5, 5.41) is 5.76. The molecule has 2 rings (SSSR count). The first kappa shape index (κ1) is 15.7. The van der Waals surface area contributed by atoms with Crippen LogP contribution >= 0.6 is 0 Å². The number of aromatic nitrogens is 1. The van der Waals surface area contributed by atoms with E-state index in [0.29, 0.717) is 19.0 Å². The highest BCUT2D eigenvalue weighted by atomic mass is 19.1. The zero-order valence-electron chi connectivity index (χ0n) is 12.6. The topological polar surface area (TPSA) is 54.0 Å². The number of anilines is 1. The molecule has 1 saturated carbocycles. The highest BCUT2D eigenvalue weighted by molar-refractivity contribution is 5.95. The molecule has 1 amide bonds. The Balaban J connectivity index is 1.94. The van der Waals surface area contributed by atoms with Gasteiger partial charge in [0.2, 0.25) is 0 Å². The van der Waals surface area contributed by atoms with E-state index in [1.165, 1.54) is 31.5 Å². The third kappa shape index (κ3) is 4.41. The monoisotopic (exact) mass is 293 g/mol. The van der Waals surface area contributed by atoms with Gasteiger partial charge in [0.15, 0.2) is 11.6 Å². The Morgan fingerprint density at radius 1 is 1.38 bits per heavy atom. The molecule has 1 aliphatic rings. The van der Waals surface area contributed by atoms with E-state index in [9.17, 15) is 9.18 Å². The third-order valence-corrected chi connectivity index (χ3v) is 3.95. The van der Waals surface area contributed by atoms with Crippen LogP contribution in [0.1, 0.15) is 55.8 Å². The molecule has 0 unspecified atom stereocenters. The Labute approximate surface area is 125 Å². The molecule has 5 heteroatoms. The lowest BCUT2D eigenvalue weighted by Crippen LogP contribution is -2.31.